The van der Waals surface area contributed by atoms with Gasteiger partial charge in [-0.3, -0.25) is 0 Å². The molecular formula is C23H37NO4. The molecule has 5 nitrogen and oxygen atoms in total. The van der Waals surface area contributed by atoms with Gasteiger partial charge in [0, 0.05) is 0 Å². The summed E-state index contributed by atoms with van der Waals surface area (Å²) < 4.78 is 10.6. The summed E-state index contributed by atoms with van der Waals surface area (Å²) in [4.78, 5) is 28.4. The second kappa shape index (κ2) is 15.1. The Kier molecular flexibility index (Phi) is 13.0. The van der Waals surface area contributed by atoms with Crippen LogP contribution in [0.15, 0.2) is 18.2 Å². The fourth-order valence-electron chi connectivity index (χ4n) is 2.93. The topological polar surface area (TPSA) is 65.5 Å². The first kappa shape index (κ1) is 24.1. The first-order valence-corrected chi connectivity index (χ1v) is 10.9. The van der Waals surface area contributed by atoms with Crippen molar-refractivity contribution in [1.82, 2.24) is 4.98 Å². The van der Waals surface area contributed by atoms with Crippen molar-refractivity contribution in [2.75, 3.05) is 13.2 Å². The molecule has 0 saturated carbocycles. The molecule has 0 unspecified atom stereocenters. The molecule has 0 spiro atoms. The molecule has 1 heterocycles. The largest absolute Gasteiger partial charge is 0.461 e. The number of carbonyl (C=O) groups is 2. The van der Waals surface area contributed by atoms with E-state index in [-0.39, 0.29) is 11.4 Å². The van der Waals surface area contributed by atoms with Crippen LogP contribution in [-0.4, -0.2) is 30.1 Å². The standard InChI is InChI=1S/C23H37NO4/c1-4-7-8-9-10-11-12-13-17-27-22(25)20-15-14-16-21(24-20)23(26)28-18-19(5-2)6-3/h14-16,19H,4-13,17-18H2,1-3H3. The maximum Gasteiger partial charge on any atom is 0.356 e. The van der Waals surface area contributed by atoms with Crippen molar-refractivity contribution in [1.29, 1.82) is 0 Å². The van der Waals surface area contributed by atoms with Crippen LogP contribution in [0.2, 0.25) is 0 Å². The maximum atomic E-state index is 12.1. The van der Waals surface area contributed by atoms with Crippen LogP contribution in [0.3, 0.4) is 0 Å². The number of rotatable bonds is 15. The van der Waals surface area contributed by atoms with Crippen molar-refractivity contribution < 1.29 is 19.1 Å². The van der Waals surface area contributed by atoms with Crippen molar-refractivity contribution in [3.05, 3.63) is 29.6 Å². The highest BCUT2D eigenvalue weighted by atomic mass is 16.5. The van der Waals surface area contributed by atoms with Gasteiger partial charge in [-0.2, -0.15) is 0 Å². The quantitative estimate of drug-likeness (QED) is 0.272. The number of ether oxygens (including phenoxy) is 2. The first-order valence-electron chi connectivity index (χ1n) is 10.9. The minimum absolute atomic E-state index is 0.146. The minimum atomic E-state index is -0.496. The number of esters is 2. The minimum Gasteiger partial charge on any atom is -0.461 e. The van der Waals surface area contributed by atoms with Crippen molar-refractivity contribution in [3.63, 3.8) is 0 Å². The van der Waals surface area contributed by atoms with Crippen LogP contribution in [-0.2, 0) is 9.47 Å². The van der Waals surface area contributed by atoms with E-state index in [2.05, 4.69) is 25.8 Å². The van der Waals surface area contributed by atoms with Crippen molar-refractivity contribution in [2.45, 2.75) is 85.0 Å². The molecule has 0 bridgehead atoms. The number of hydrogen-bond acceptors (Lipinski definition) is 5. The molecule has 0 aliphatic rings. The lowest BCUT2D eigenvalue weighted by atomic mass is 10.1. The molecule has 158 valence electrons. The van der Waals surface area contributed by atoms with E-state index >= 15 is 0 Å². The molecule has 0 radical (unpaired) electrons. The predicted octanol–water partition coefficient (Wildman–Crippen LogP) is 5.97. The Bertz CT molecular complexity index is 569. The molecule has 0 N–H and O–H groups in total. The van der Waals surface area contributed by atoms with E-state index in [4.69, 9.17) is 9.47 Å². The zero-order valence-electron chi connectivity index (χ0n) is 17.9. The number of aromatic nitrogens is 1. The van der Waals surface area contributed by atoms with Crippen LogP contribution in [0, 0.1) is 5.92 Å². The SMILES string of the molecule is CCCCCCCCCCOC(=O)c1cccc(C(=O)OCC(CC)CC)n1. The van der Waals surface area contributed by atoms with Crippen LogP contribution in [0.5, 0.6) is 0 Å². The monoisotopic (exact) mass is 391 g/mol. The molecule has 0 saturated heterocycles. The van der Waals surface area contributed by atoms with Gasteiger partial charge in [-0.15, -0.1) is 0 Å². The van der Waals surface area contributed by atoms with Crippen LogP contribution < -0.4 is 0 Å². The van der Waals surface area contributed by atoms with E-state index in [1.165, 1.54) is 38.5 Å². The lowest BCUT2D eigenvalue weighted by molar-refractivity contribution is 0.0425. The number of hydrogen-bond donors (Lipinski definition) is 0. The fraction of sp³-hybridized carbons (Fsp3) is 0.696. The van der Waals surface area contributed by atoms with E-state index in [0.717, 1.165) is 25.7 Å². The summed E-state index contributed by atoms with van der Waals surface area (Å²) in [7, 11) is 0. The van der Waals surface area contributed by atoms with Crippen LogP contribution in [0.25, 0.3) is 0 Å². The Morgan fingerprint density at radius 3 is 1.93 bits per heavy atom. The molecule has 0 aliphatic carbocycles. The summed E-state index contributed by atoms with van der Waals surface area (Å²) in [6.45, 7) is 7.13. The van der Waals surface area contributed by atoms with Gasteiger partial charge in [0.25, 0.3) is 0 Å². The first-order chi connectivity index (χ1) is 13.6. The van der Waals surface area contributed by atoms with E-state index in [1.54, 1.807) is 18.2 Å². The molecule has 0 atom stereocenters. The molecule has 0 aliphatic heterocycles. The summed E-state index contributed by atoms with van der Waals surface area (Å²) >= 11 is 0. The summed E-state index contributed by atoms with van der Waals surface area (Å²) in [5.74, 6) is -0.633. The van der Waals surface area contributed by atoms with Gasteiger partial charge in [0.2, 0.25) is 0 Å². The number of unbranched alkanes of at least 4 members (excludes halogenated alkanes) is 7. The van der Waals surface area contributed by atoms with E-state index in [0.29, 0.717) is 19.1 Å². The molecule has 1 aromatic rings. The summed E-state index contributed by atoms with van der Waals surface area (Å²) in [5.41, 5.74) is 0.295. The summed E-state index contributed by atoms with van der Waals surface area (Å²) in [5, 5.41) is 0. The van der Waals surface area contributed by atoms with Gasteiger partial charge in [-0.05, 0) is 24.5 Å². The molecule has 28 heavy (non-hydrogen) atoms. The highest BCUT2D eigenvalue weighted by Gasteiger charge is 2.15. The van der Waals surface area contributed by atoms with E-state index in [1.807, 2.05) is 0 Å². The number of pyridine rings is 1. The Morgan fingerprint density at radius 1 is 0.821 bits per heavy atom. The summed E-state index contributed by atoms with van der Waals surface area (Å²) in [6, 6.07) is 4.76. The van der Waals surface area contributed by atoms with Crippen molar-refractivity contribution in [2.24, 2.45) is 5.92 Å². The van der Waals surface area contributed by atoms with Gasteiger partial charge < -0.3 is 9.47 Å². The Balaban J connectivity index is 2.32. The normalized spacial score (nSPS) is 10.9. The highest BCUT2D eigenvalue weighted by Crippen LogP contribution is 2.11. The molecule has 0 amide bonds. The van der Waals surface area contributed by atoms with E-state index < -0.39 is 11.9 Å². The third kappa shape index (κ3) is 9.86. The molecule has 1 aromatic heterocycles. The lowest BCUT2D eigenvalue weighted by Crippen LogP contribution is -2.16. The van der Waals surface area contributed by atoms with Gasteiger partial charge in [0.05, 0.1) is 13.2 Å². The highest BCUT2D eigenvalue weighted by molar-refractivity contribution is 5.91. The van der Waals surface area contributed by atoms with Crippen molar-refractivity contribution >= 4 is 11.9 Å². The fourth-order valence-corrected chi connectivity index (χ4v) is 2.93. The smallest absolute Gasteiger partial charge is 0.356 e. The average Bonchev–Trinajstić information content (AvgIpc) is 2.73. The second-order valence-electron chi connectivity index (χ2n) is 7.30. The van der Waals surface area contributed by atoms with Gasteiger partial charge in [0.15, 0.2) is 0 Å². The van der Waals surface area contributed by atoms with Crippen molar-refractivity contribution in [3.8, 4) is 0 Å². The Labute approximate surface area is 170 Å². The van der Waals surface area contributed by atoms with E-state index in [9.17, 15) is 9.59 Å². The van der Waals surface area contributed by atoms with Gasteiger partial charge >= 0.3 is 11.9 Å². The van der Waals surface area contributed by atoms with Crippen LogP contribution in [0.4, 0.5) is 0 Å². The second-order valence-corrected chi connectivity index (χ2v) is 7.30. The maximum absolute atomic E-state index is 12.1. The third-order valence-electron chi connectivity index (χ3n) is 5.00. The zero-order chi connectivity index (χ0) is 20.6. The Hall–Kier alpha value is -1.91. The van der Waals surface area contributed by atoms with Crippen LogP contribution in [0.1, 0.15) is 106 Å². The lowest BCUT2D eigenvalue weighted by Gasteiger charge is -2.12. The average molecular weight is 392 g/mol. The van der Waals surface area contributed by atoms with Gasteiger partial charge in [-0.25, -0.2) is 14.6 Å². The molecule has 5 heteroatoms. The van der Waals surface area contributed by atoms with Crippen LogP contribution >= 0.6 is 0 Å². The molecule has 0 fully saturated rings. The molecular weight excluding hydrogens is 354 g/mol. The number of carbonyl (C=O) groups excluding carboxylic acids is 2. The molecule has 0 aromatic carbocycles. The predicted molar refractivity (Wildman–Crippen MR) is 111 cm³/mol. The van der Waals surface area contributed by atoms with Gasteiger partial charge in [0.1, 0.15) is 11.4 Å². The molecule has 1 rings (SSSR count). The zero-order valence-corrected chi connectivity index (χ0v) is 17.9. The third-order valence-corrected chi connectivity index (χ3v) is 5.00. The number of nitrogens with zero attached hydrogens (tertiary/aromatic N) is 1. The Morgan fingerprint density at radius 2 is 1.36 bits per heavy atom. The van der Waals surface area contributed by atoms with Gasteiger partial charge in [-0.1, -0.05) is 84.6 Å². The summed E-state index contributed by atoms with van der Waals surface area (Å²) in [6.07, 6.45) is 11.4.